The Balaban J connectivity index is 1.34. The van der Waals surface area contributed by atoms with Crippen LogP contribution in [0.4, 0.5) is 0 Å². The van der Waals surface area contributed by atoms with Gasteiger partial charge in [0.15, 0.2) is 0 Å². The number of unbranched alkanes of at least 4 members (excludes halogenated alkanes) is 8. The molecular formula is C29H52O2. The van der Waals surface area contributed by atoms with Gasteiger partial charge in [-0.25, -0.2) is 0 Å². The van der Waals surface area contributed by atoms with Crippen molar-refractivity contribution in [1.82, 2.24) is 0 Å². The Morgan fingerprint density at radius 1 is 0.677 bits per heavy atom. The molecule has 0 aromatic heterocycles. The SMILES string of the molecule is CCCCCCCC(=O)OC1CCC2C(CCC3CC(CCCCCCC)CCC32)C1. The van der Waals surface area contributed by atoms with Crippen LogP contribution in [0.1, 0.15) is 142 Å². The van der Waals surface area contributed by atoms with Crippen LogP contribution in [0.15, 0.2) is 0 Å². The lowest BCUT2D eigenvalue weighted by molar-refractivity contribution is -0.153. The number of esters is 1. The second-order valence-electron chi connectivity index (χ2n) is 11.4. The zero-order valence-electron chi connectivity index (χ0n) is 20.9. The number of fused-ring (bicyclic) bond motifs is 3. The van der Waals surface area contributed by atoms with Crippen LogP contribution in [0.5, 0.6) is 0 Å². The van der Waals surface area contributed by atoms with Crippen molar-refractivity contribution in [1.29, 1.82) is 0 Å². The zero-order valence-corrected chi connectivity index (χ0v) is 20.9. The van der Waals surface area contributed by atoms with Crippen LogP contribution in [-0.2, 0) is 9.53 Å². The van der Waals surface area contributed by atoms with E-state index in [0.29, 0.717) is 6.42 Å². The van der Waals surface area contributed by atoms with Gasteiger partial charge in [-0.15, -0.1) is 0 Å². The molecule has 0 aromatic rings. The lowest BCUT2D eigenvalue weighted by Crippen LogP contribution is -2.43. The Bertz CT molecular complexity index is 501. The van der Waals surface area contributed by atoms with Crippen molar-refractivity contribution < 1.29 is 9.53 Å². The van der Waals surface area contributed by atoms with Crippen molar-refractivity contribution in [3.05, 3.63) is 0 Å². The van der Waals surface area contributed by atoms with Crippen LogP contribution in [0, 0.1) is 29.6 Å². The molecule has 6 unspecified atom stereocenters. The first kappa shape index (κ1) is 25.1. The van der Waals surface area contributed by atoms with E-state index in [9.17, 15) is 4.79 Å². The molecule has 0 amide bonds. The molecule has 2 nitrogen and oxygen atoms in total. The minimum absolute atomic E-state index is 0.0769. The van der Waals surface area contributed by atoms with Crippen molar-refractivity contribution in [2.45, 2.75) is 148 Å². The lowest BCUT2D eigenvalue weighted by atomic mass is 9.56. The van der Waals surface area contributed by atoms with Gasteiger partial charge in [0, 0.05) is 6.42 Å². The summed E-state index contributed by atoms with van der Waals surface area (Å²) in [6, 6.07) is 0. The first-order chi connectivity index (χ1) is 15.2. The van der Waals surface area contributed by atoms with Gasteiger partial charge >= 0.3 is 5.97 Å². The first-order valence-electron chi connectivity index (χ1n) is 14.4. The molecule has 3 aliphatic rings. The summed E-state index contributed by atoms with van der Waals surface area (Å²) in [5, 5.41) is 0. The largest absolute Gasteiger partial charge is 0.462 e. The van der Waals surface area contributed by atoms with Gasteiger partial charge in [0.25, 0.3) is 0 Å². The number of hydrogen-bond donors (Lipinski definition) is 0. The molecule has 0 aromatic carbocycles. The highest BCUT2D eigenvalue weighted by atomic mass is 16.5. The van der Waals surface area contributed by atoms with E-state index >= 15 is 0 Å². The predicted octanol–water partition coefficient (Wildman–Crippen LogP) is 8.86. The van der Waals surface area contributed by atoms with Gasteiger partial charge in [-0.2, -0.15) is 0 Å². The van der Waals surface area contributed by atoms with E-state index in [4.69, 9.17) is 4.74 Å². The fraction of sp³-hybridized carbons (Fsp3) is 0.966. The number of carbonyl (C=O) groups is 1. The van der Waals surface area contributed by atoms with E-state index < -0.39 is 0 Å². The fourth-order valence-electron chi connectivity index (χ4n) is 7.37. The summed E-state index contributed by atoms with van der Waals surface area (Å²) in [6.07, 6.45) is 26.5. The Morgan fingerprint density at radius 3 is 2.00 bits per heavy atom. The molecule has 0 bridgehead atoms. The minimum Gasteiger partial charge on any atom is -0.462 e. The molecule has 3 saturated carbocycles. The monoisotopic (exact) mass is 432 g/mol. The number of rotatable bonds is 13. The zero-order chi connectivity index (χ0) is 21.9. The molecule has 0 heterocycles. The van der Waals surface area contributed by atoms with E-state index in [1.807, 2.05) is 0 Å². The highest BCUT2D eigenvalue weighted by Gasteiger charge is 2.44. The van der Waals surface area contributed by atoms with E-state index in [1.165, 1.54) is 103 Å². The van der Waals surface area contributed by atoms with Gasteiger partial charge < -0.3 is 4.74 Å². The van der Waals surface area contributed by atoms with Crippen molar-refractivity contribution >= 4 is 5.97 Å². The summed E-state index contributed by atoms with van der Waals surface area (Å²) in [6.45, 7) is 4.55. The van der Waals surface area contributed by atoms with E-state index in [2.05, 4.69) is 13.8 Å². The van der Waals surface area contributed by atoms with Crippen LogP contribution in [-0.4, -0.2) is 12.1 Å². The summed E-state index contributed by atoms with van der Waals surface area (Å²) in [5.74, 6) is 4.88. The molecule has 0 radical (unpaired) electrons. The standard InChI is InChI=1S/C29H52O2/c1-3-5-7-9-11-13-23-15-19-27-24(21-23)16-17-25-22-26(18-20-28(25)27)31-29(30)14-12-10-8-6-4-2/h23-28H,3-22H2,1-2H3. The third-order valence-electron chi connectivity index (χ3n) is 9.10. The molecule has 2 heteroatoms. The summed E-state index contributed by atoms with van der Waals surface area (Å²) in [4.78, 5) is 12.3. The van der Waals surface area contributed by atoms with Gasteiger partial charge in [0.05, 0.1) is 0 Å². The normalized spacial score (nSPS) is 32.8. The maximum Gasteiger partial charge on any atom is 0.306 e. The average molecular weight is 433 g/mol. The second-order valence-corrected chi connectivity index (χ2v) is 11.4. The smallest absolute Gasteiger partial charge is 0.306 e. The minimum atomic E-state index is 0.0769. The second kappa shape index (κ2) is 13.9. The summed E-state index contributed by atoms with van der Waals surface area (Å²) < 4.78 is 5.93. The third-order valence-corrected chi connectivity index (χ3v) is 9.10. The quantitative estimate of drug-likeness (QED) is 0.214. The van der Waals surface area contributed by atoms with Gasteiger partial charge in [-0.1, -0.05) is 84.5 Å². The van der Waals surface area contributed by atoms with Crippen LogP contribution >= 0.6 is 0 Å². The topological polar surface area (TPSA) is 26.3 Å². The number of hydrogen-bond acceptors (Lipinski definition) is 2. The van der Waals surface area contributed by atoms with Crippen LogP contribution in [0.3, 0.4) is 0 Å². The van der Waals surface area contributed by atoms with Crippen LogP contribution < -0.4 is 0 Å². The highest BCUT2D eigenvalue weighted by Crippen LogP contribution is 2.53. The predicted molar refractivity (Wildman–Crippen MR) is 131 cm³/mol. The summed E-state index contributed by atoms with van der Waals surface area (Å²) >= 11 is 0. The molecule has 0 spiro atoms. The number of carbonyl (C=O) groups excluding carboxylic acids is 1. The van der Waals surface area contributed by atoms with Crippen LogP contribution in [0.2, 0.25) is 0 Å². The number of ether oxygens (including phenoxy) is 1. The summed E-state index contributed by atoms with van der Waals surface area (Å²) in [7, 11) is 0. The van der Waals surface area contributed by atoms with Gasteiger partial charge in [-0.3, -0.25) is 4.79 Å². The highest BCUT2D eigenvalue weighted by molar-refractivity contribution is 5.69. The Labute approximate surface area is 193 Å². The van der Waals surface area contributed by atoms with Crippen molar-refractivity contribution in [2.75, 3.05) is 0 Å². The molecule has 31 heavy (non-hydrogen) atoms. The van der Waals surface area contributed by atoms with E-state index in [0.717, 1.165) is 48.9 Å². The molecule has 3 aliphatic carbocycles. The first-order valence-corrected chi connectivity index (χ1v) is 14.4. The average Bonchev–Trinajstić information content (AvgIpc) is 2.78. The van der Waals surface area contributed by atoms with Crippen LogP contribution in [0.25, 0.3) is 0 Å². The van der Waals surface area contributed by atoms with Gasteiger partial charge in [-0.05, 0) is 81.0 Å². The Morgan fingerprint density at radius 2 is 1.29 bits per heavy atom. The molecule has 0 aliphatic heterocycles. The summed E-state index contributed by atoms with van der Waals surface area (Å²) in [5.41, 5.74) is 0. The van der Waals surface area contributed by atoms with Crippen molar-refractivity contribution in [3.63, 3.8) is 0 Å². The van der Waals surface area contributed by atoms with Crippen molar-refractivity contribution in [3.8, 4) is 0 Å². The molecule has 3 rings (SSSR count). The third kappa shape index (κ3) is 8.08. The molecule has 0 saturated heterocycles. The van der Waals surface area contributed by atoms with Gasteiger partial charge in [0.1, 0.15) is 6.10 Å². The van der Waals surface area contributed by atoms with Crippen molar-refractivity contribution in [2.24, 2.45) is 29.6 Å². The Hall–Kier alpha value is -0.530. The fourth-order valence-corrected chi connectivity index (χ4v) is 7.37. The maximum atomic E-state index is 12.3. The maximum absolute atomic E-state index is 12.3. The molecule has 6 atom stereocenters. The molecule has 180 valence electrons. The molecule has 3 fully saturated rings. The molecular weight excluding hydrogens is 380 g/mol. The van der Waals surface area contributed by atoms with E-state index in [-0.39, 0.29) is 12.1 Å². The Kier molecular flexibility index (Phi) is 11.2. The molecule has 0 N–H and O–H groups in total. The van der Waals surface area contributed by atoms with E-state index in [1.54, 1.807) is 0 Å². The van der Waals surface area contributed by atoms with Gasteiger partial charge in [0.2, 0.25) is 0 Å². The lowest BCUT2D eigenvalue weighted by Gasteiger charge is -2.50.